The van der Waals surface area contributed by atoms with Crippen molar-refractivity contribution >= 4 is 7.82 Å². The summed E-state index contributed by atoms with van der Waals surface area (Å²) in [5.74, 6) is 0.242. The first-order valence-corrected chi connectivity index (χ1v) is 15.3. The molecule has 8 nitrogen and oxygen atoms in total. The van der Waals surface area contributed by atoms with E-state index >= 15 is 0 Å². The molecule has 2 N–H and O–H groups in total. The summed E-state index contributed by atoms with van der Waals surface area (Å²) >= 11 is 0. The van der Waals surface area contributed by atoms with Crippen molar-refractivity contribution in [2.75, 3.05) is 19.8 Å². The van der Waals surface area contributed by atoms with Crippen LogP contribution in [0.5, 0.6) is 5.88 Å². The second kappa shape index (κ2) is 21.6. The number of pyridine rings is 1. The summed E-state index contributed by atoms with van der Waals surface area (Å²) < 4.78 is 27.0. The van der Waals surface area contributed by atoms with Crippen LogP contribution in [-0.2, 0) is 13.8 Å². The van der Waals surface area contributed by atoms with Crippen LogP contribution in [0.1, 0.15) is 115 Å². The van der Waals surface area contributed by atoms with Gasteiger partial charge in [0.15, 0.2) is 0 Å². The number of hydrogen-bond donors (Lipinski definition) is 2. The molecule has 0 radical (unpaired) electrons. The number of hydrogen-bond acceptors (Lipinski definition) is 6. The van der Waals surface area contributed by atoms with Crippen LogP contribution in [-0.4, -0.2) is 40.7 Å². The summed E-state index contributed by atoms with van der Waals surface area (Å²) in [6.45, 7) is 2.66. The highest BCUT2D eigenvalue weighted by Gasteiger charge is 2.23. The van der Waals surface area contributed by atoms with E-state index in [1.807, 2.05) is 6.07 Å². The van der Waals surface area contributed by atoms with Crippen LogP contribution in [0.3, 0.4) is 0 Å². The zero-order valence-corrected chi connectivity index (χ0v) is 23.0. The number of nitrogens with zero attached hydrogens (tertiary/aromatic N) is 2. The van der Waals surface area contributed by atoms with Crippen molar-refractivity contribution in [1.82, 2.24) is 4.98 Å². The Hall–Kier alpha value is -1.49. The molecule has 0 spiro atoms. The highest BCUT2D eigenvalue weighted by Crippen LogP contribution is 2.37. The van der Waals surface area contributed by atoms with Gasteiger partial charge in [-0.15, -0.1) is 0 Å². The van der Waals surface area contributed by atoms with Gasteiger partial charge >= 0.3 is 7.82 Å². The van der Waals surface area contributed by atoms with E-state index in [1.165, 1.54) is 102 Å². The van der Waals surface area contributed by atoms with Gasteiger partial charge in [-0.2, -0.15) is 5.26 Å². The van der Waals surface area contributed by atoms with E-state index in [1.54, 1.807) is 6.07 Å². The molecule has 36 heavy (non-hydrogen) atoms. The third-order valence-electron chi connectivity index (χ3n) is 6.01. The Balaban J connectivity index is 2.00. The second-order valence-corrected chi connectivity index (χ2v) is 10.6. The van der Waals surface area contributed by atoms with Crippen LogP contribution < -0.4 is 4.74 Å². The van der Waals surface area contributed by atoms with Gasteiger partial charge in [0.2, 0.25) is 5.88 Å². The smallest absolute Gasteiger partial charge is 0.470 e. The van der Waals surface area contributed by atoms with Crippen molar-refractivity contribution in [3.05, 3.63) is 23.9 Å². The Kier molecular flexibility index (Phi) is 19.5. The van der Waals surface area contributed by atoms with Gasteiger partial charge in [-0.1, -0.05) is 103 Å². The van der Waals surface area contributed by atoms with E-state index in [4.69, 9.17) is 29.0 Å². The van der Waals surface area contributed by atoms with Crippen LogP contribution in [0.25, 0.3) is 0 Å². The molecule has 1 rings (SSSR count). The predicted molar refractivity (Wildman–Crippen MR) is 142 cm³/mol. The SMILES string of the molecule is CCCCCCCCCCCCCCCCCCOC[C@H](COc1ccc(C#N)cn1)OP(=O)(O)O. The van der Waals surface area contributed by atoms with E-state index in [0.29, 0.717) is 12.2 Å². The molecule has 0 aliphatic carbocycles. The van der Waals surface area contributed by atoms with Gasteiger partial charge in [-0.3, -0.25) is 4.52 Å². The van der Waals surface area contributed by atoms with Gasteiger partial charge in [0.05, 0.1) is 12.2 Å². The lowest BCUT2D eigenvalue weighted by Gasteiger charge is -2.18. The largest absolute Gasteiger partial charge is 0.475 e. The van der Waals surface area contributed by atoms with E-state index < -0.39 is 13.9 Å². The van der Waals surface area contributed by atoms with Crippen molar-refractivity contribution in [3.63, 3.8) is 0 Å². The van der Waals surface area contributed by atoms with E-state index in [0.717, 1.165) is 12.8 Å². The Morgan fingerprint density at radius 3 is 1.83 bits per heavy atom. The topological polar surface area (TPSA) is 122 Å². The van der Waals surface area contributed by atoms with Crippen molar-refractivity contribution in [3.8, 4) is 11.9 Å². The van der Waals surface area contributed by atoms with Crippen LogP contribution >= 0.6 is 7.82 Å². The van der Waals surface area contributed by atoms with Crippen LogP contribution in [0, 0.1) is 11.3 Å². The number of phosphoric acid groups is 1. The summed E-state index contributed by atoms with van der Waals surface area (Å²) in [5, 5.41) is 8.80. The maximum absolute atomic E-state index is 11.2. The number of aromatic nitrogens is 1. The monoisotopic (exact) mass is 526 g/mol. The molecule has 0 saturated heterocycles. The van der Waals surface area contributed by atoms with E-state index in [9.17, 15) is 4.57 Å². The van der Waals surface area contributed by atoms with Crippen molar-refractivity contribution in [2.45, 2.75) is 116 Å². The Morgan fingerprint density at radius 1 is 0.861 bits per heavy atom. The highest BCUT2D eigenvalue weighted by molar-refractivity contribution is 7.46. The first kappa shape index (κ1) is 32.5. The summed E-state index contributed by atoms with van der Waals surface area (Å²) in [5.41, 5.74) is 0.396. The maximum Gasteiger partial charge on any atom is 0.470 e. The molecule has 1 atom stereocenters. The number of phosphoric ester groups is 1. The van der Waals surface area contributed by atoms with Gasteiger partial charge in [0.25, 0.3) is 0 Å². The van der Waals surface area contributed by atoms with Crippen molar-refractivity contribution in [2.24, 2.45) is 0 Å². The molecule has 0 amide bonds. The number of ether oxygens (including phenoxy) is 2. The lowest BCUT2D eigenvalue weighted by Crippen LogP contribution is -2.26. The summed E-state index contributed by atoms with van der Waals surface area (Å²) in [6.07, 6.45) is 21.3. The fourth-order valence-electron chi connectivity index (χ4n) is 3.98. The second-order valence-electron chi connectivity index (χ2n) is 9.40. The number of rotatable bonds is 24. The summed E-state index contributed by atoms with van der Waals surface area (Å²) in [6, 6.07) is 5.03. The number of unbranched alkanes of at least 4 members (excludes halogenated alkanes) is 15. The van der Waals surface area contributed by atoms with Crippen molar-refractivity contribution in [1.29, 1.82) is 5.26 Å². The van der Waals surface area contributed by atoms with E-state index in [-0.39, 0.29) is 19.1 Å². The molecule has 0 aliphatic heterocycles. The molecule has 0 bridgehead atoms. The number of nitriles is 1. The molecular weight excluding hydrogens is 479 g/mol. The minimum absolute atomic E-state index is 0.0140. The van der Waals surface area contributed by atoms with Gasteiger partial charge in [-0.05, 0) is 12.5 Å². The standard InChI is InChI=1S/C27H47N2O6P/c1-2-3-4-5-6-7-8-9-10-11-12-13-14-15-16-17-20-33-23-26(35-36(30,31)32)24-34-27-19-18-25(21-28)22-29-27/h18-19,22,26H,2-17,20,23-24H2,1H3,(H2,30,31,32)/t26-/m1/s1. The molecular formula is C27H47N2O6P. The van der Waals surface area contributed by atoms with Gasteiger partial charge in [0, 0.05) is 18.9 Å². The van der Waals surface area contributed by atoms with Crippen LogP contribution in [0.2, 0.25) is 0 Å². The Bertz CT molecular complexity index is 735. The lowest BCUT2D eigenvalue weighted by atomic mass is 10.0. The zero-order valence-electron chi connectivity index (χ0n) is 22.1. The molecule has 0 saturated carbocycles. The highest BCUT2D eigenvalue weighted by atomic mass is 31.2. The van der Waals surface area contributed by atoms with Gasteiger partial charge in [0.1, 0.15) is 18.8 Å². The molecule has 0 aliphatic rings. The summed E-state index contributed by atoms with van der Waals surface area (Å²) in [4.78, 5) is 22.2. The molecule has 1 aromatic heterocycles. The molecule has 1 aromatic rings. The lowest BCUT2D eigenvalue weighted by molar-refractivity contribution is 0.00864. The molecule has 0 unspecified atom stereocenters. The predicted octanol–water partition coefficient (Wildman–Crippen LogP) is 7.09. The third-order valence-corrected chi connectivity index (χ3v) is 6.59. The first-order valence-electron chi connectivity index (χ1n) is 13.7. The molecule has 9 heteroatoms. The quantitative estimate of drug-likeness (QED) is 0.108. The van der Waals surface area contributed by atoms with Gasteiger partial charge in [-0.25, -0.2) is 9.55 Å². The average molecular weight is 527 g/mol. The molecule has 0 aromatic carbocycles. The Labute approximate surface area is 218 Å². The van der Waals surface area contributed by atoms with E-state index in [2.05, 4.69) is 11.9 Å². The van der Waals surface area contributed by atoms with Crippen LogP contribution in [0.15, 0.2) is 18.3 Å². The normalized spacial score (nSPS) is 12.4. The fourth-order valence-corrected chi connectivity index (χ4v) is 4.49. The molecule has 1 heterocycles. The first-order chi connectivity index (χ1) is 17.4. The zero-order chi connectivity index (χ0) is 26.3. The average Bonchev–Trinajstić information content (AvgIpc) is 2.86. The Morgan fingerprint density at radius 2 is 1.39 bits per heavy atom. The molecule has 206 valence electrons. The minimum Gasteiger partial charge on any atom is -0.475 e. The third kappa shape index (κ3) is 19.7. The summed E-state index contributed by atoms with van der Waals surface area (Å²) in [7, 11) is -4.67. The van der Waals surface area contributed by atoms with Crippen LogP contribution in [0.4, 0.5) is 0 Å². The van der Waals surface area contributed by atoms with Crippen molar-refractivity contribution < 1.29 is 28.3 Å². The minimum atomic E-state index is -4.67. The maximum atomic E-state index is 11.2. The fraction of sp³-hybridized carbons (Fsp3) is 0.778. The molecule has 0 fully saturated rings. The van der Waals surface area contributed by atoms with Gasteiger partial charge < -0.3 is 19.3 Å².